The monoisotopic (exact) mass is 292 g/mol. The van der Waals surface area contributed by atoms with Gasteiger partial charge in [0.15, 0.2) is 0 Å². The topological polar surface area (TPSA) is 35.9 Å². The highest BCUT2D eigenvalue weighted by Gasteiger charge is 2.39. The molecule has 118 valence electrons. The van der Waals surface area contributed by atoms with E-state index in [2.05, 4.69) is 30.9 Å². The molecule has 2 rings (SSSR count). The summed E-state index contributed by atoms with van der Waals surface area (Å²) in [5.41, 5.74) is 1.21. The zero-order valence-corrected chi connectivity index (χ0v) is 13.7. The van der Waals surface area contributed by atoms with Crippen LogP contribution in [0.5, 0.6) is 5.75 Å². The maximum Gasteiger partial charge on any atom is 0.119 e. The lowest BCUT2D eigenvalue weighted by Gasteiger charge is -2.49. The van der Waals surface area contributed by atoms with Crippen molar-refractivity contribution >= 4 is 0 Å². The Kier molecular flexibility index (Phi) is 5.25. The van der Waals surface area contributed by atoms with E-state index in [0.29, 0.717) is 12.1 Å². The number of benzene rings is 1. The molecule has 0 aliphatic heterocycles. The molecular formula is C17H28N2O2. The standard InChI is InChI=1S/C17H28N2O2/c1-18(2)17(9-6-10-17)13-19(3)12-16(20)14-7-5-8-15(11-14)21-4/h5,7-8,11,16,20H,6,9-10,12-13H2,1-4H3. The first-order chi connectivity index (χ1) is 9.97. The van der Waals surface area contributed by atoms with Gasteiger partial charge in [-0.3, -0.25) is 0 Å². The van der Waals surface area contributed by atoms with E-state index in [1.165, 1.54) is 19.3 Å². The van der Waals surface area contributed by atoms with Gasteiger partial charge in [-0.25, -0.2) is 0 Å². The summed E-state index contributed by atoms with van der Waals surface area (Å²) in [5.74, 6) is 0.790. The molecule has 4 nitrogen and oxygen atoms in total. The van der Waals surface area contributed by atoms with E-state index in [0.717, 1.165) is 17.9 Å². The minimum Gasteiger partial charge on any atom is -0.497 e. The molecule has 21 heavy (non-hydrogen) atoms. The van der Waals surface area contributed by atoms with Gasteiger partial charge in [0.25, 0.3) is 0 Å². The average Bonchev–Trinajstić information content (AvgIpc) is 2.42. The largest absolute Gasteiger partial charge is 0.497 e. The fourth-order valence-electron chi connectivity index (χ4n) is 3.15. The molecule has 1 unspecified atom stereocenters. The molecule has 1 fully saturated rings. The first kappa shape index (κ1) is 16.3. The highest BCUT2D eigenvalue weighted by Crippen LogP contribution is 2.36. The summed E-state index contributed by atoms with van der Waals surface area (Å²) in [5, 5.41) is 10.4. The molecule has 0 aromatic heterocycles. The second-order valence-electron chi connectivity index (χ2n) is 6.46. The van der Waals surface area contributed by atoms with Gasteiger partial charge in [0.05, 0.1) is 13.2 Å². The molecule has 0 radical (unpaired) electrons. The molecule has 1 saturated carbocycles. The predicted octanol–water partition coefficient (Wildman–Crippen LogP) is 2.14. The summed E-state index contributed by atoms with van der Waals surface area (Å²) in [6.45, 7) is 1.64. The number of nitrogens with zero attached hydrogens (tertiary/aromatic N) is 2. The zero-order chi connectivity index (χ0) is 15.5. The average molecular weight is 292 g/mol. The molecule has 1 aliphatic rings. The summed E-state index contributed by atoms with van der Waals surface area (Å²) in [7, 11) is 8.05. The zero-order valence-electron chi connectivity index (χ0n) is 13.7. The second kappa shape index (κ2) is 6.77. The first-order valence-corrected chi connectivity index (χ1v) is 7.65. The number of likely N-dealkylation sites (N-methyl/N-ethyl adjacent to an activating group) is 2. The van der Waals surface area contributed by atoms with Crippen LogP contribution in [0.3, 0.4) is 0 Å². The van der Waals surface area contributed by atoms with Gasteiger partial charge in [0, 0.05) is 18.6 Å². The van der Waals surface area contributed by atoms with Crippen molar-refractivity contribution in [1.29, 1.82) is 0 Å². The molecule has 0 spiro atoms. The fraction of sp³-hybridized carbons (Fsp3) is 0.647. The maximum absolute atomic E-state index is 10.4. The van der Waals surface area contributed by atoms with E-state index in [-0.39, 0.29) is 0 Å². The Hall–Kier alpha value is -1.10. The fourth-order valence-corrected chi connectivity index (χ4v) is 3.15. The van der Waals surface area contributed by atoms with Crippen LogP contribution < -0.4 is 4.74 Å². The third-order valence-corrected chi connectivity index (χ3v) is 4.76. The third kappa shape index (κ3) is 3.76. The Balaban J connectivity index is 1.93. The second-order valence-corrected chi connectivity index (χ2v) is 6.46. The van der Waals surface area contributed by atoms with Crippen LogP contribution in [0.4, 0.5) is 0 Å². The highest BCUT2D eigenvalue weighted by atomic mass is 16.5. The van der Waals surface area contributed by atoms with Crippen LogP contribution in [-0.4, -0.2) is 61.8 Å². The van der Waals surface area contributed by atoms with Gasteiger partial charge in [-0.2, -0.15) is 0 Å². The SMILES string of the molecule is COc1cccc(C(O)CN(C)CC2(N(C)C)CCC2)c1. The van der Waals surface area contributed by atoms with Crippen LogP contribution in [0, 0.1) is 0 Å². The molecule has 0 bridgehead atoms. The molecule has 1 N–H and O–H groups in total. The summed E-state index contributed by atoms with van der Waals surface area (Å²) in [6.07, 6.45) is 3.33. The molecule has 0 saturated heterocycles. The Bertz CT molecular complexity index is 458. The van der Waals surface area contributed by atoms with Gasteiger partial charge < -0.3 is 19.6 Å². The van der Waals surface area contributed by atoms with Crippen LogP contribution in [0.1, 0.15) is 30.9 Å². The van der Waals surface area contributed by atoms with Gasteiger partial charge in [0.2, 0.25) is 0 Å². The van der Waals surface area contributed by atoms with E-state index >= 15 is 0 Å². The van der Waals surface area contributed by atoms with E-state index in [1.807, 2.05) is 24.3 Å². The lowest BCUT2D eigenvalue weighted by Crippen LogP contribution is -2.57. The van der Waals surface area contributed by atoms with Gasteiger partial charge in [-0.1, -0.05) is 12.1 Å². The summed E-state index contributed by atoms with van der Waals surface area (Å²) >= 11 is 0. The van der Waals surface area contributed by atoms with Crippen LogP contribution >= 0.6 is 0 Å². The van der Waals surface area contributed by atoms with Crippen LogP contribution in [0.15, 0.2) is 24.3 Å². The van der Waals surface area contributed by atoms with E-state index in [1.54, 1.807) is 7.11 Å². The van der Waals surface area contributed by atoms with Gasteiger partial charge in [0.1, 0.15) is 5.75 Å². The van der Waals surface area contributed by atoms with Crippen molar-refractivity contribution in [3.8, 4) is 5.75 Å². The quantitative estimate of drug-likeness (QED) is 0.835. The smallest absolute Gasteiger partial charge is 0.119 e. The molecule has 1 atom stereocenters. The minimum absolute atomic E-state index is 0.294. The van der Waals surface area contributed by atoms with Gasteiger partial charge in [-0.15, -0.1) is 0 Å². The molecule has 1 aromatic rings. The van der Waals surface area contributed by atoms with Crippen molar-refractivity contribution in [3.05, 3.63) is 29.8 Å². The van der Waals surface area contributed by atoms with E-state index in [9.17, 15) is 5.11 Å². The Morgan fingerprint density at radius 3 is 2.52 bits per heavy atom. The normalized spacial score (nSPS) is 18.6. The molecular weight excluding hydrogens is 264 g/mol. The number of ether oxygens (including phenoxy) is 1. The van der Waals surface area contributed by atoms with Crippen LogP contribution in [0.2, 0.25) is 0 Å². The first-order valence-electron chi connectivity index (χ1n) is 7.65. The van der Waals surface area contributed by atoms with Crippen molar-refractivity contribution in [2.75, 3.05) is 41.3 Å². The predicted molar refractivity (Wildman–Crippen MR) is 85.7 cm³/mol. The van der Waals surface area contributed by atoms with Crippen molar-refractivity contribution in [2.45, 2.75) is 30.9 Å². The number of hydrogen-bond donors (Lipinski definition) is 1. The van der Waals surface area contributed by atoms with Crippen molar-refractivity contribution in [3.63, 3.8) is 0 Å². The molecule has 0 amide bonds. The molecule has 0 heterocycles. The molecule has 1 aromatic carbocycles. The minimum atomic E-state index is -0.482. The third-order valence-electron chi connectivity index (χ3n) is 4.76. The highest BCUT2D eigenvalue weighted by molar-refractivity contribution is 5.29. The number of aliphatic hydroxyl groups excluding tert-OH is 1. The van der Waals surface area contributed by atoms with Crippen LogP contribution in [0.25, 0.3) is 0 Å². The summed E-state index contributed by atoms with van der Waals surface area (Å²) < 4.78 is 5.22. The van der Waals surface area contributed by atoms with Crippen molar-refractivity contribution < 1.29 is 9.84 Å². The molecule has 4 heteroatoms. The number of methoxy groups -OCH3 is 1. The lowest BCUT2D eigenvalue weighted by atomic mass is 9.75. The number of rotatable bonds is 7. The lowest BCUT2D eigenvalue weighted by molar-refractivity contribution is 0.0146. The molecule has 1 aliphatic carbocycles. The van der Waals surface area contributed by atoms with E-state index in [4.69, 9.17) is 4.74 Å². The maximum atomic E-state index is 10.4. The Labute approximate surface area is 128 Å². The Morgan fingerprint density at radius 1 is 1.29 bits per heavy atom. The van der Waals surface area contributed by atoms with Gasteiger partial charge >= 0.3 is 0 Å². The van der Waals surface area contributed by atoms with Crippen molar-refractivity contribution in [1.82, 2.24) is 9.80 Å². The summed E-state index contributed by atoms with van der Waals surface area (Å²) in [4.78, 5) is 4.58. The van der Waals surface area contributed by atoms with Crippen molar-refractivity contribution in [2.24, 2.45) is 0 Å². The van der Waals surface area contributed by atoms with Crippen LogP contribution in [-0.2, 0) is 0 Å². The van der Waals surface area contributed by atoms with Gasteiger partial charge in [-0.05, 0) is 58.1 Å². The number of aliphatic hydroxyl groups is 1. The number of hydrogen-bond acceptors (Lipinski definition) is 4. The Morgan fingerprint density at radius 2 is 2.00 bits per heavy atom. The summed E-state index contributed by atoms with van der Waals surface area (Å²) in [6, 6.07) is 7.68. The van der Waals surface area contributed by atoms with E-state index < -0.39 is 6.10 Å².